The molecule has 1 N–H and O–H groups in total. The van der Waals surface area contributed by atoms with Gasteiger partial charge < -0.3 is 9.88 Å². The van der Waals surface area contributed by atoms with Crippen LogP contribution in [0.2, 0.25) is 0 Å². The second-order valence-electron chi connectivity index (χ2n) is 5.36. The topological polar surface area (TPSA) is 42.7 Å². The van der Waals surface area contributed by atoms with Crippen molar-refractivity contribution in [1.29, 1.82) is 0 Å². The van der Waals surface area contributed by atoms with Crippen molar-refractivity contribution in [3.63, 3.8) is 0 Å². The third-order valence-electron chi connectivity index (χ3n) is 3.79. The van der Waals surface area contributed by atoms with Crippen molar-refractivity contribution in [3.8, 4) is 0 Å². The smallest absolute Gasteiger partial charge is 0.0951 e. The molecule has 2 atom stereocenters. The Morgan fingerprint density at radius 1 is 1.32 bits per heavy atom. The fraction of sp³-hybridized carbons (Fsp3) is 0.467. The minimum absolute atomic E-state index is 0.433. The zero-order valence-corrected chi connectivity index (χ0v) is 11.3. The van der Waals surface area contributed by atoms with Crippen LogP contribution in [-0.4, -0.2) is 20.6 Å². The lowest BCUT2D eigenvalue weighted by molar-refractivity contribution is 0.330. The van der Waals surface area contributed by atoms with Crippen molar-refractivity contribution in [3.05, 3.63) is 48.3 Å². The van der Waals surface area contributed by atoms with Crippen LogP contribution in [0.3, 0.4) is 0 Å². The molecular formula is C15H20N4. The van der Waals surface area contributed by atoms with Crippen molar-refractivity contribution >= 4 is 0 Å². The van der Waals surface area contributed by atoms with Gasteiger partial charge in [0.25, 0.3) is 0 Å². The van der Waals surface area contributed by atoms with Crippen LogP contribution in [0.4, 0.5) is 0 Å². The molecule has 0 aliphatic carbocycles. The second-order valence-corrected chi connectivity index (χ2v) is 5.36. The van der Waals surface area contributed by atoms with Crippen LogP contribution in [0, 0.1) is 0 Å². The molecule has 1 fully saturated rings. The molecule has 0 bridgehead atoms. The standard InChI is InChI=1S/C15H20N4/c1-12-4-2-6-14(18-12)15-9-17-11-19(15)10-13-5-3-7-16-8-13/h3,5,7-9,11-12,14,18H,2,4,6,10H2,1H3. The maximum absolute atomic E-state index is 4.32. The van der Waals surface area contributed by atoms with Gasteiger partial charge in [-0.05, 0) is 37.8 Å². The number of imidazole rings is 1. The maximum atomic E-state index is 4.32. The van der Waals surface area contributed by atoms with E-state index in [1.807, 2.05) is 31.0 Å². The van der Waals surface area contributed by atoms with E-state index in [0.29, 0.717) is 12.1 Å². The predicted molar refractivity (Wildman–Crippen MR) is 74.8 cm³/mol. The minimum atomic E-state index is 0.433. The molecule has 1 aliphatic heterocycles. The zero-order chi connectivity index (χ0) is 13.1. The van der Waals surface area contributed by atoms with Crippen LogP contribution < -0.4 is 5.32 Å². The quantitative estimate of drug-likeness (QED) is 0.917. The Bertz CT molecular complexity index is 520. The van der Waals surface area contributed by atoms with Crippen molar-refractivity contribution in [2.24, 2.45) is 0 Å². The molecule has 3 rings (SSSR count). The van der Waals surface area contributed by atoms with Gasteiger partial charge in [-0.25, -0.2) is 4.98 Å². The molecule has 19 heavy (non-hydrogen) atoms. The summed E-state index contributed by atoms with van der Waals surface area (Å²) in [5, 5.41) is 3.67. The first kappa shape index (κ1) is 12.4. The average molecular weight is 256 g/mol. The molecule has 100 valence electrons. The van der Waals surface area contributed by atoms with Gasteiger partial charge in [0.1, 0.15) is 0 Å². The van der Waals surface area contributed by atoms with Gasteiger partial charge in [-0.15, -0.1) is 0 Å². The van der Waals surface area contributed by atoms with Crippen molar-refractivity contribution in [1.82, 2.24) is 19.9 Å². The van der Waals surface area contributed by atoms with Gasteiger partial charge in [0.15, 0.2) is 0 Å². The number of pyridine rings is 1. The van der Waals surface area contributed by atoms with Crippen LogP contribution in [-0.2, 0) is 6.54 Å². The molecule has 0 saturated carbocycles. The number of hydrogen-bond acceptors (Lipinski definition) is 3. The van der Waals surface area contributed by atoms with E-state index in [4.69, 9.17) is 0 Å². The lowest BCUT2D eigenvalue weighted by atomic mass is 9.97. The average Bonchev–Trinajstić information content (AvgIpc) is 2.88. The van der Waals surface area contributed by atoms with Crippen molar-refractivity contribution in [2.45, 2.75) is 44.8 Å². The van der Waals surface area contributed by atoms with E-state index < -0.39 is 0 Å². The molecule has 2 aromatic rings. The molecule has 4 heteroatoms. The Morgan fingerprint density at radius 3 is 3.05 bits per heavy atom. The predicted octanol–water partition coefficient (Wildman–Crippen LogP) is 2.53. The molecule has 3 heterocycles. The van der Waals surface area contributed by atoms with E-state index in [-0.39, 0.29) is 0 Å². The van der Waals surface area contributed by atoms with E-state index >= 15 is 0 Å². The summed E-state index contributed by atoms with van der Waals surface area (Å²) in [5.41, 5.74) is 2.50. The Balaban J connectivity index is 1.78. The van der Waals surface area contributed by atoms with Crippen molar-refractivity contribution < 1.29 is 0 Å². The van der Waals surface area contributed by atoms with E-state index in [9.17, 15) is 0 Å². The van der Waals surface area contributed by atoms with Gasteiger partial charge in [0.2, 0.25) is 0 Å². The number of rotatable bonds is 3. The fourth-order valence-electron chi connectivity index (χ4n) is 2.81. The Labute approximate surface area is 113 Å². The number of piperidine rings is 1. The molecule has 0 amide bonds. The van der Waals surface area contributed by atoms with E-state index in [1.54, 1.807) is 0 Å². The highest BCUT2D eigenvalue weighted by Gasteiger charge is 2.22. The summed E-state index contributed by atoms with van der Waals surface area (Å²) in [6.45, 7) is 3.10. The Hall–Kier alpha value is -1.68. The van der Waals surface area contributed by atoms with Crippen LogP contribution in [0.15, 0.2) is 37.1 Å². The minimum Gasteiger partial charge on any atom is -0.329 e. The summed E-state index contributed by atoms with van der Waals surface area (Å²) in [7, 11) is 0. The van der Waals surface area contributed by atoms with Crippen LogP contribution in [0.5, 0.6) is 0 Å². The van der Waals surface area contributed by atoms with Crippen LogP contribution in [0.1, 0.15) is 43.5 Å². The Kier molecular flexibility index (Phi) is 3.60. The fourth-order valence-corrected chi connectivity index (χ4v) is 2.81. The van der Waals surface area contributed by atoms with E-state index in [1.165, 1.54) is 30.5 Å². The first-order valence-corrected chi connectivity index (χ1v) is 6.98. The summed E-state index contributed by atoms with van der Waals surface area (Å²) in [5.74, 6) is 0. The molecule has 4 nitrogen and oxygen atoms in total. The molecular weight excluding hydrogens is 236 g/mol. The van der Waals surface area contributed by atoms with Gasteiger partial charge in [-0.2, -0.15) is 0 Å². The summed E-state index contributed by atoms with van der Waals surface area (Å²) >= 11 is 0. The van der Waals surface area contributed by atoms with Crippen molar-refractivity contribution in [2.75, 3.05) is 0 Å². The normalized spacial score (nSPS) is 23.4. The van der Waals surface area contributed by atoms with Crippen LogP contribution >= 0.6 is 0 Å². The Morgan fingerprint density at radius 2 is 2.26 bits per heavy atom. The number of nitrogens with zero attached hydrogens (tertiary/aromatic N) is 3. The molecule has 1 aliphatic rings. The largest absolute Gasteiger partial charge is 0.329 e. The van der Waals surface area contributed by atoms with Gasteiger partial charge in [-0.1, -0.05) is 6.07 Å². The molecule has 1 saturated heterocycles. The zero-order valence-electron chi connectivity index (χ0n) is 11.3. The molecule has 0 aromatic carbocycles. The van der Waals surface area contributed by atoms with E-state index in [2.05, 4.69) is 32.8 Å². The highest BCUT2D eigenvalue weighted by Crippen LogP contribution is 2.25. The molecule has 0 radical (unpaired) electrons. The first-order chi connectivity index (χ1) is 9.33. The van der Waals surface area contributed by atoms with Gasteiger partial charge in [0.05, 0.1) is 18.6 Å². The monoisotopic (exact) mass is 256 g/mol. The number of nitrogens with one attached hydrogen (secondary N) is 1. The lowest BCUT2D eigenvalue weighted by Crippen LogP contribution is -2.35. The summed E-state index contributed by atoms with van der Waals surface area (Å²) < 4.78 is 2.23. The van der Waals surface area contributed by atoms with E-state index in [0.717, 1.165) is 6.54 Å². The third kappa shape index (κ3) is 2.84. The first-order valence-electron chi connectivity index (χ1n) is 6.98. The summed E-state index contributed by atoms with van der Waals surface area (Å²) in [6.07, 6.45) is 11.4. The van der Waals surface area contributed by atoms with Gasteiger partial charge in [0, 0.05) is 30.7 Å². The highest BCUT2D eigenvalue weighted by molar-refractivity contribution is 5.13. The molecule has 2 aromatic heterocycles. The second kappa shape index (κ2) is 5.53. The summed E-state index contributed by atoms with van der Waals surface area (Å²) in [6, 6.07) is 5.11. The molecule has 0 spiro atoms. The highest BCUT2D eigenvalue weighted by atomic mass is 15.1. The van der Waals surface area contributed by atoms with Crippen LogP contribution in [0.25, 0.3) is 0 Å². The molecule has 2 unspecified atom stereocenters. The number of aromatic nitrogens is 3. The lowest BCUT2D eigenvalue weighted by Gasteiger charge is -2.29. The maximum Gasteiger partial charge on any atom is 0.0951 e. The SMILES string of the molecule is CC1CCCC(c2cncn2Cc2cccnc2)N1. The number of hydrogen-bond donors (Lipinski definition) is 1. The van der Waals surface area contributed by atoms with Gasteiger partial charge >= 0.3 is 0 Å². The summed E-state index contributed by atoms with van der Waals surface area (Å²) in [4.78, 5) is 8.49. The third-order valence-corrected chi connectivity index (χ3v) is 3.79. The van der Waals surface area contributed by atoms with Gasteiger partial charge in [-0.3, -0.25) is 4.98 Å².